The van der Waals surface area contributed by atoms with Crippen LogP contribution >= 0.6 is 11.8 Å². The van der Waals surface area contributed by atoms with E-state index in [1.54, 1.807) is 11.8 Å². The maximum atomic E-state index is 11.3. The van der Waals surface area contributed by atoms with Gasteiger partial charge in [0.1, 0.15) is 0 Å². The molecule has 13 heavy (non-hydrogen) atoms. The molecule has 4 heteroatoms. The second-order valence-corrected chi connectivity index (χ2v) is 4.33. The number of hydrogen-bond acceptors (Lipinski definition) is 3. The van der Waals surface area contributed by atoms with Gasteiger partial charge in [-0.1, -0.05) is 13.3 Å². The zero-order valence-corrected chi connectivity index (χ0v) is 9.19. The van der Waals surface area contributed by atoms with E-state index in [1.165, 1.54) is 0 Å². The summed E-state index contributed by atoms with van der Waals surface area (Å²) in [5.74, 6) is 1.06. The summed E-state index contributed by atoms with van der Waals surface area (Å²) in [5, 5.41) is 11.1. The molecule has 0 heterocycles. The van der Waals surface area contributed by atoms with Crippen molar-refractivity contribution < 1.29 is 9.90 Å². The van der Waals surface area contributed by atoms with Crippen LogP contribution in [0.4, 0.5) is 0 Å². The van der Waals surface area contributed by atoms with Crippen LogP contribution in [0.3, 0.4) is 0 Å². The average molecular weight is 205 g/mol. The minimum absolute atomic E-state index is 0.00176. The van der Waals surface area contributed by atoms with E-state index < -0.39 is 0 Å². The number of aliphatic hydroxyl groups excluding tert-OH is 1. The van der Waals surface area contributed by atoms with Crippen molar-refractivity contribution in [3.8, 4) is 0 Å². The van der Waals surface area contributed by atoms with Crippen LogP contribution in [0, 0.1) is 0 Å². The molecule has 0 aromatic rings. The molecule has 0 saturated heterocycles. The molecule has 0 fully saturated rings. The van der Waals surface area contributed by atoms with Gasteiger partial charge in [-0.2, -0.15) is 0 Å². The standard InChI is InChI=1S/C9H19NO2S/c1-3-4-7-13-8(2)9(12)10-5-6-11/h8,11H,3-7H2,1-2H3,(H,10,12). The molecule has 1 unspecified atom stereocenters. The lowest BCUT2D eigenvalue weighted by atomic mass is 10.4. The Kier molecular flexibility index (Phi) is 8.24. The number of hydrogen-bond donors (Lipinski definition) is 2. The van der Waals surface area contributed by atoms with Gasteiger partial charge in [0.2, 0.25) is 5.91 Å². The van der Waals surface area contributed by atoms with Crippen LogP contribution in [0.2, 0.25) is 0 Å². The van der Waals surface area contributed by atoms with Crippen LogP contribution in [0.15, 0.2) is 0 Å². The first kappa shape index (κ1) is 12.8. The Bertz CT molecular complexity index is 142. The molecule has 3 nitrogen and oxygen atoms in total. The molecule has 0 aromatic carbocycles. The zero-order chi connectivity index (χ0) is 10.1. The Hall–Kier alpha value is -0.220. The van der Waals surface area contributed by atoms with Crippen molar-refractivity contribution in [3.63, 3.8) is 0 Å². The predicted octanol–water partition coefficient (Wildman–Crippen LogP) is 1.02. The molecule has 0 saturated carbocycles. The summed E-state index contributed by atoms with van der Waals surface area (Å²) in [7, 11) is 0. The van der Waals surface area contributed by atoms with Gasteiger partial charge in [0.05, 0.1) is 11.9 Å². The molecular weight excluding hydrogens is 186 g/mol. The van der Waals surface area contributed by atoms with Gasteiger partial charge >= 0.3 is 0 Å². The number of rotatable bonds is 7. The number of aliphatic hydroxyl groups is 1. The first-order valence-electron chi connectivity index (χ1n) is 4.72. The van der Waals surface area contributed by atoms with Crippen molar-refractivity contribution in [2.75, 3.05) is 18.9 Å². The van der Waals surface area contributed by atoms with E-state index in [1.807, 2.05) is 6.92 Å². The molecule has 0 aromatic heterocycles. The molecule has 0 rings (SSSR count). The SMILES string of the molecule is CCCCSC(C)C(=O)NCCO. The third-order valence-electron chi connectivity index (χ3n) is 1.65. The van der Waals surface area contributed by atoms with Gasteiger partial charge in [0, 0.05) is 6.54 Å². The maximum Gasteiger partial charge on any atom is 0.232 e. The van der Waals surface area contributed by atoms with Crippen molar-refractivity contribution in [2.45, 2.75) is 31.9 Å². The van der Waals surface area contributed by atoms with Crippen molar-refractivity contribution >= 4 is 17.7 Å². The fourth-order valence-corrected chi connectivity index (χ4v) is 1.85. The molecule has 2 N–H and O–H groups in total. The number of carbonyl (C=O) groups excluding carboxylic acids is 1. The van der Waals surface area contributed by atoms with Crippen LogP contribution in [0.5, 0.6) is 0 Å². The maximum absolute atomic E-state index is 11.3. The Morgan fingerprint density at radius 1 is 1.62 bits per heavy atom. The minimum Gasteiger partial charge on any atom is -0.395 e. The molecule has 0 spiro atoms. The van der Waals surface area contributed by atoms with Crippen LogP contribution < -0.4 is 5.32 Å². The first-order chi connectivity index (χ1) is 6.22. The van der Waals surface area contributed by atoms with E-state index >= 15 is 0 Å². The molecule has 0 aliphatic rings. The lowest BCUT2D eigenvalue weighted by Crippen LogP contribution is -2.33. The highest BCUT2D eigenvalue weighted by molar-refractivity contribution is 8.00. The van der Waals surface area contributed by atoms with Crippen molar-refractivity contribution in [2.24, 2.45) is 0 Å². The van der Waals surface area contributed by atoms with E-state index in [2.05, 4.69) is 12.2 Å². The lowest BCUT2D eigenvalue weighted by molar-refractivity contribution is -0.120. The zero-order valence-electron chi connectivity index (χ0n) is 8.38. The molecule has 0 radical (unpaired) electrons. The summed E-state index contributed by atoms with van der Waals surface area (Å²) < 4.78 is 0. The average Bonchev–Trinajstić information content (AvgIpc) is 2.14. The van der Waals surface area contributed by atoms with E-state index in [-0.39, 0.29) is 17.8 Å². The van der Waals surface area contributed by atoms with Gasteiger partial charge in [0.15, 0.2) is 0 Å². The van der Waals surface area contributed by atoms with Crippen molar-refractivity contribution in [1.29, 1.82) is 0 Å². The van der Waals surface area contributed by atoms with E-state index in [9.17, 15) is 4.79 Å². The number of unbranched alkanes of at least 4 members (excludes halogenated alkanes) is 1. The van der Waals surface area contributed by atoms with Crippen LogP contribution in [-0.2, 0) is 4.79 Å². The lowest BCUT2D eigenvalue weighted by Gasteiger charge is -2.10. The number of carbonyl (C=O) groups is 1. The summed E-state index contributed by atoms with van der Waals surface area (Å²) in [6.07, 6.45) is 2.32. The highest BCUT2D eigenvalue weighted by atomic mass is 32.2. The van der Waals surface area contributed by atoms with Gasteiger partial charge in [0.25, 0.3) is 0 Å². The highest BCUT2D eigenvalue weighted by Crippen LogP contribution is 2.12. The summed E-state index contributed by atoms with van der Waals surface area (Å²) in [6, 6.07) is 0. The molecule has 0 bridgehead atoms. The first-order valence-corrected chi connectivity index (χ1v) is 5.77. The van der Waals surface area contributed by atoms with Gasteiger partial charge in [-0.15, -0.1) is 11.8 Å². The van der Waals surface area contributed by atoms with E-state index in [4.69, 9.17) is 5.11 Å². The van der Waals surface area contributed by atoms with Gasteiger partial charge in [-0.05, 0) is 19.1 Å². The number of nitrogens with one attached hydrogen (secondary N) is 1. The van der Waals surface area contributed by atoms with Crippen LogP contribution in [0.25, 0.3) is 0 Å². The smallest absolute Gasteiger partial charge is 0.232 e. The molecular formula is C9H19NO2S. The molecule has 0 aliphatic carbocycles. The Balaban J connectivity index is 3.45. The number of thioether (sulfide) groups is 1. The predicted molar refractivity (Wildman–Crippen MR) is 56.9 cm³/mol. The molecule has 1 amide bonds. The highest BCUT2D eigenvalue weighted by Gasteiger charge is 2.11. The van der Waals surface area contributed by atoms with Crippen molar-refractivity contribution in [3.05, 3.63) is 0 Å². The second-order valence-electron chi connectivity index (χ2n) is 2.88. The van der Waals surface area contributed by atoms with Gasteiger partial charge < -0.3 is 10.4 Å². The van der Waals surface area contributed by atoms with Crippen LogP contribution in [0.1, 0.15) is 26.7 Å². The third-order valence-corrected chi connectivity index (χ3v) is 2.88. The molecule has 1 atom stereocenters. The second kappa shape index (κ2) is 8.38. The topological polar surface area (TPSA) is 49.3 Å². The quantitative estimate of drug-likeness (QED) is 0.610. The number of amides is 1. The van der Waals surface area contributed by atoms with Crippen molar-refractivity contribution in [1.82, 2.24) is 5.32 Å². The summed E-state index contributed by atoms with van der Waals surface area (Å²) in [4.78, 5) is 11.3. The van der Waals surface area contributed by atoms with E-state index in [0.717, 1.165) is 18.6 Å². The summed E-state index contributed by atoms with van der Waals surface area (Å²) in [5.41, 5.74) is 0. The Labute approximate surface area is 84.3 Å². The summed E-state index contributed by atoms with van der Waals surface area (Å²) in [6.45, 7) is 4.40. The van der Waals surface area contributed by atoms with Gasteiger partial charge in [-0.3, -0.25) is 4.79 Å². The monoisotopic (exact) mass is 205 g/mol. The van der Waals surface area contributed by atoms with Gasteiger partial charge in [-0.25, -0.2) is 0 Å². The fourth-order valence-electron chi connectivity index (χ4n) is 0.803. The minimum atomic E-state index is -0.00176. The largest absolute Gasteiger partial charge is 0.395 e. The van der Waals surface area contributed by atoms with Crippen LogP contribution in [-0.4, -0.2) is 35.2 Å². The Morgan fingerprint density at radius 3 is 2.85 bits per heavy atom. The normalized spacial score (nSPS) is 12.5. The van der Waals surface area contributed by atoms with E-state index in [0.29, 0.717) is 6.54 Å². The Morgan fingerprint density at radius 2 is 2.31 bits per heavy atom. The summed E-state index contributed by atoms with van der Waals surface area (Å²) >= 11 is 1.67. The third kappa shape index (κ3) is 6.90. The molecule has 78 valence electrons. The fraction of sp³-hybridized carbons (Fsp3) is 0.889. The molecule has 0 aliphatic heterocycles.